The summed E-state index contributed by atoms with van der Waals surface area (Å²) in [4.78, 5) is 28.8. The lowest BCUT2D eigenvalue weighted by atomic mass is 9.99. The summed E-state index contributed by atoms with van der Waals surface area (Å²) < 4.78 is 66.8. The number of aliphatic hydroxyl groups excluding tert-OH is 1. The van der Waals surface area contributed by atoms with E-state index in [1.54, 1.807) is 75.4 Å². The smallest absolute Gasteiger partial charge is 0.410 e. The van der Waals surface area contributed by atoms with Crippen LogP contribution in [-0.2, 0) is 27.7 Å². The number of rotatable bonds is 14. The number of benzene rings is 4. The monoisotopic (exact) mass is 766 g/mol. The Hall–Kier alpha value is -5.54. The first-order valence-electron chi connectivity index (χ1n) is 16.8. The zero-order chi connectivity index (χ0) is 39.8. The fraction of sp³-hybridized carbons (Fsp3) is 0.308. The molecule has 0 unspecified atom stereocenters. The number of methoxy groups -OCH3 is 1. The minimum atomic E-state index is -3.98. The molecule has 15 heteroatoms. The molecule has 0 aliphatic heterocycles. The summed E-state index contributed by atoms with van der Waals surface area (Å²) in [6, 6.07) is 20.6. The van der Waals surface area contributed by atoms with Gasteiger partial charge in [-0.2, -0.15) is 0 Å². The number of para-hydroxylation sites is 1. The first-order chi connectivity index (χ1) is 25.4. The fourth-order valence-corrected chi connectivity index (χ4v) is 6.61. The Morgan fingerprint density at radius 1 is 0.889 bits per heavy atom. The number of amides is 2. The van der Waals surface area contributed by atoms with Crippen LogP contribution in [0.4, 0.5) is 25.0 Å². The molecule has 0 saturated carbocycles. The van der Waals surface area contributed by atoms with Gasteiger partial charge in [0.2, 0.25) is 10.0 Å². The number of nitrogens with zero attached hydrogens (tertiary/aromatic N) is 3. The van der Waals surface area contributed by atoms with Crippen LogP contribution in [0.2, 0.25) is 0 Å². The lowest BCUT2D eigenvalue weighted by Gasteiger charge is -2.32. The molecule has 0 bridgehead atoms. The van der Waals surface area contributed by atoms with Gasteiger partial charge in [0.25, 0.3) is 5.91 Å². The number of nitrogens with one attached hydrogen (secondary N) is 1. The average Bonchev–Trinajstić information content (AvgIpc) is 3.09. The molecule has 3 N–H and O–H groups in total. The Bertz CT molecular complexity index is 2070. The van der Waals surface area contributed by atoms with Crippen LogP contribution in [0.5, 0.6) is 5.75 Å². The van der Waals surface area contributed by atoms with Crippen molar-refractivity contribution in [1.29, 1.82) is 0 Å². The molecule has 0 heterocycles. The normalized spacial score (nSPS) is 13.1. The molecule has 2 atom stereocenters. The molecule has 0 aromatic heterocycles. The number of aliphatic hydroxyl groups is 1. The van der Waals surface area contributed by atoms with Crippen molar-refractivity contribution in [2.24, 2.45) is 5.16 Å². The van der Waals surface area contributed by atoms with Crippen molar-refractivity contribution in [3.8, 4) is 5.75 Å². The first kappa shape index (κ1) is 41.2. The van der Waals surface area contributed by atoms with Crippen molar-refractivity contribution in [3.05, 3.63) is 125 Å². The van der Waals surface area contributed by atoms with Gasteiger partial charge in [-0.05, 0) is 99.8 Å². The van der Waals surface area contributed by atoms with E-state index in [9.17, 15) is 37.1 Å². The van der Waals surface area contributed by atoms with Gasteiger partial charge < -0.3 is 30.0 Å². The van der Waals surface area contributed by atoms with Crippen LogP contribution >= 0.6 is 0 Å². The van der Waals surface area contributed by atoms with Gasteiger partial charge in [-0.1, -0.05) is 35.5 Å². The van der Waals surface area contributed by atoms with E-state index in [0.717, 1.165) is 22.7 Å². The standard InChI is InChI=1S/C39H44F2N4O8S/c1-25(43-49)28-19-29(21-33(20-28)45(54(6,50)51)32-12-8-7-9-13-32)37(47)42-35(18-27-15-30(40)22-31(41)16-27)36(46)24-44(38(48)53-39(2,3)4)23-26-11-10-14-34(17-26)52-5/h7-17,19-22,35-36,46,49H,18,23-24H2,1-6H3,(H,42,47)/b43-25+/t35-,36+/m0/s1. The molecule has 4 aromatic rings. The summed E-state index contributed by atoms with van der Waals surface area (Å²) in [7, 11) is -2.49. The highest BCUT2D eigenvalue weighted by atomic mass is 32.2. The molecule has 4 rings (SSSR count). The van der Waals surface area contributed by atoms with Crippen molar-refractivity contribution in [2.75, 3.05) is 24.2 Å². The summed E-state index contributed by atoms with van der Waals surface area (Å²) >= 11 is 0. The van der Waals surface area contributed by atoms with Gasteiger partial charge in [-0.3, -0.25) is 4.79 Å². The number of oxime groups is 1. The highest BCUT2D eigenvalue weighted by Gasteiger charge is 2.30. The molecule has 0 fully saturated rings. The van der Waals surface area contributed by atoms with Crippen LogP contribution in [0.3, 0.4) is 0 Å². The Labute approximate surface area is 313 Å². The largest absolute Gasteiger partial charge is 0.497 e. The second-order valence-electron chi connectivity index (χ2n) is 13.7. The fourth-order valence-electron chi connectivity index (χ4n) is 5.61. The Balaban J connectivity index is 1.77. The lowest BCUT2D eigenvalue weighted by molar-refractivity contribution is 0.00836. The van der Waals surface area contributed by atoms with Crippen LogP contribution in [0.1, 0.15) is 54.7 Å². The maximum absolute atomic E-state index is 14.3. The summed E-state index contributed by atoms with van der Waals surface area (Å²) in [6.45, 7) is 6.06. The van der Waals surface area contributed by atoms with Crippen LogP contribution in [0.25, 0.3) is 0 Å². The number of anilines is 2. The first-order valence-corrected chi connectivity index (χ1v) is 18.7. The van der Waals surface area contributed by atoms with Gasteiger partial charge in [-0.15, -0.1) is 0 Å². The molecule has 288 valence electrons. The summed E-state index contributed by atoms with van der Waals surface area (Å²) in [5.74, 6) is -2.05. The maximum atomic E-state index is 14.3. The Kier molecular flexibility index (Phi) is 13.4. The average molecular weight is 767 g/mol. The van der Waals surface area contributed by atoms with E-state index in [1.807, 2.05) is 0 Å². The molecular weight excluding hydrogens is 723 g/mol. The summed E-state index contributed by atoms with van der Waals surface area (Å²) in [5.41, 5.74) is 0.290. The topological polar surface area (TPSA) is 158 Å². The number of halogens is 2. The van der Waals surface area contributed by atoms with Gasteiger partial charge in [0.05, 0.1) is 49.1 Å². The summed E-state index contributed by atoms with van der Waals surface area (Å²) in [6.07, 6.45) is -1.61. The molecule has 0 radical (unpaired) electrons. The van der Waals surface area contributed by atoms with Crippen molar-refractivity contribution in [2.45, 2.75) is 58.4 Å². The maximum Gasteiger partial charge on any atom is 0.410 e. The van der Waals surface area contributed by atoms with E-state index in [2.05, 4.69) is 10.5 Å². The third-order valence-corrected chi connectivity index (χ3v) is 9.12. The third-order valence-electron chi connectivity index (χ3n) is 8.03. The molecule has 0 aliphatic carbocycles. The molecule has 2 amide bonds. The summed E-state index contributed by atoms with van der Waals surface area (Å²) in [5, 5.41) is 27.3. The second kappa shape index (κ2) is 17.5. The van der Waals surface area contributed by atoms with Crippen LogP contribution in [0.15, 0.2) is 96.2 Å². The van der Waals surface area contributed by atoms with Crippen LogP contribution in [0, 0.1) is 11.6 Å². The van der Waals surface area contributed by atoms with Gasteiger partial charge >= 0.3 is 6.09 Å². The van der Waals surface area contributed by atoms with Crippen molar-refractivity contribution in [3.63, 3.8) is 0 Å². The van der Waals surface area contributed by atoms with Crippen molar-refractivity contribution in [1.82, 2.24) is 10.2 Å². The number of ether oxygens (including phenoxy) is 2. The SMILES string of the molecule is COc1cccc(CN(C[C@@H](O)[C@H](Cc2cc(F)cc(F)c2)NC(=O)c2cc(/C(C)=N/O)cc(N(c3ccccc3)S(C)(=O)=O)c2)C(=O)OC(C)(C)C)c1. The lowest BCUT2D eigenvalue weighted by Crippen LogP contribution is -2.51. The molecule has 0 saturated heterocycles. The second-order valence-corrected chi connectivity index (χ2v) is 15.5. The number of carbonyl (C=O) groups excluding carboxylic acids is 2. The molecule has 4 aromatic carbocycles. The van der Waals surface area contributed by atoms with Crippen LogP contribution in [-0.4, -0.2) is 79.0 Å². The predicted octanol–water partition coefficient (Wildman–Crippen LogP) is 6.41. The quantitative estimate of drug-likeness (QED) is 0.0755. The van der Waals surface area contributed by atoms with E-state index in [1.165, 1.54) is 37.1 Å². The van der Waals surface area contributed by atoms with E-state index >= 15 is 0 Å². The van der Waals surface area contributed by atoms with Gasteiger partial charge in [0.1, 0.15) is 23.0 Å². The zero-order valence-electron chi connectivity index (χ0n) is 30.8. The highest BCUT2D eigenvalue weighted by molar-refractivity contribution is 7.92. The Morgan fingerprint density at radius 2 is 1.54 bits per heavy atom. The van der Waals surface area contributed by atoms with E-state index < -0.39 is 57.9 Å². The van der Waals surface area contributed by atoms with E-state index in [-0.39, 0.29) is 46.7 Å². The minimum Gasteiger partial charge on any atom is -0.497 e. The third kappa shape index (κ3) is 11.5. The number of sulfonamides is 1. The van der Waals surface area contributed by atoms with Gasteiger partial charge in [0, 0.05) is 23.7 Å². The van der Waals surface area contributed by atoms with Crippen molar-refractivity contribution < 1.29 is 46.6 Å². The zero-order valence-corrected chi connectivity index (χ0v) is 31.6. The molecular formula is C39H44F2N4O8S. The Morgan fingerprint density at radius 3 is 2.13 bits per heavy atom. The minimum absolute atomic E-state index is 0.0352. The number of hydrogen-bond acceptors (Lipinski definition) is 9. The van der Waals surface area contributed by atoms with Gasteiger partial charge in [0.15, 0.2) is 0 Å². The van der Waals surface area contributed by atoms with E-state index in [4.69, 9.17) is 9.47 Å². The van der Waals surface area contributed by atoms with Crippen molar-refractivity contribution >= 4 is 39.1 Å². The predicted molar refractivity (Wildman–Crippen MR) is 201 cm³/mol. The highest BCUT2D eigenvalue weighted by Crippen LogP contribution is 2.31. The number of hydrogen-bond donors (Lipinski definition) is 3. The molecule has 0 aliphatic rings. The van der Waals surface area contributed by atoms with Gasteiger partial charge in [-0.25, -0.2) is 26.3 Å². The molecule has 0 spiro atoms. The number of carbonyl (C=O) groups is 2. The van der Waals surface area contributed by atoms with E-state index in [0.29, 0.717) is 17.4 Å². The molecule has 54 heavy (non-hydrogen) atoms. The van der Waals surface area contributed by atoms with Crippen LogP contribution < -0.4 is 14.4 Å². The molecule has 12 nitrogen and oxygen atoms in total.